The molecule has 0 radical (unpaired) electrons. The molecule has 0 saturated carbocycles. The number of ether oxygens (including phenoxy) is 1. The molecule has 4 nitrogen and oxygen atoms in total. The van der Waals surface area contributed by atoms with E-state index in [1.165, 1.54) is 17.0 Å². The second-order valence-electron chi connectivity index (χ2n) is 5.44. The fourth-order valence-corrected chi connectivity index (χ4v) is 2.89. The molecule has 1 aromatic rings. The van der Waals surface area contributed by atoms with Gasteiger partial charge in [-0.2, -0.15) is 0 Å². The maximum absolute atomic E-state index is 13.3. The second-order valence-corrected chi connectivity index (χ2v) is 5.44. The van der Waals surface area contributed by atoms with E-state index in [-0.39, 0.29) is 11.9 Å². The van der Waals surface area contributed by atoms with E-state index in [0.29, 0.717) is 18.2 Å². The van der Waals surface area contributed by atoms with Crippen LogP contribution in [0.1, 0.15) is 13.3 Å². The minimum Gasteiger partial charge on any atom is -0.441 e. The molecule has 3 rings (SSSR count). The number of hydrogen-bond donors (Lipinski definition) is 1. The summed E-state index contributed by atoms with van der Waals surface area (Å²) in [6.45, 7) is 4.25. The number of rotatable bonds is 2. The first-order chi connectivity index (χ1) is 9.08. The molecule has 0 aliphatic carbocycles. The maximum atomic E-state index is 13.3. The first kappa shape index (κ1) is 12.4. The average molecular weight is 264 g/mol. The van der Waals surface area contributed by atoms with Gasteiger partial charge in [0.2, 0.25) is 0 Å². The van der Waals surface area contributed by atoms with E-state index < -0.39 is 5.60 Å². The van der Waals surface area contributed by atoms with Gasteiger partial charge in [0, 0.05) is 12.5 Å². The first-order valence-corrected chi connectivity index (χ1v) is 6.55. The molecule has 102 valence electrons. The van der Waals surface area contributed by atoms with Gasteiger partial charge in [0.25, 0.3) is 0 Å². The van der Waals surface area contributed by atoms with Crippen molar-refractivity contribution in [3.63, 3.8) is 0 Å². The van der Waals surface area contributed by atoms with Crippen LogP contribution >= 0.6 is 0 Å². The lowest BCUT2D eigenvalue weighted by molar-refractivity contribution is 0.0287. The SMILES string of the molecule is CC1(C2CCNC2)CN(c2cccc(F)c2)C(=O)O1. The van der Waals surface area contributed by atoms with Gasteiger partial charge in [-0.15, -0.1) is 0 Å². The van der Waals surface area contributed by atoms with Gasteiger partial charge in [0.1, 0.15) is 11.4 Å². The molecule has 0 aromatic heterocycles. The van der Waals surface area contributed by atoms with Crippen molar-refractivity contribution in [2.24, 2.45) is 5.92 Å². The Morgan fingerprint density at radius 1 is 1.53 bits per heavy atom. The van der Waals surface area contributed by atoms with Gasteiger partial charge in [-0.05, 0) is 38.1 Å². The van der Waals surface area contributed by atoms with Crippen molar-refractivity contribution in [3.8, 4) is 0 Å². The van der Waals surface area contributed by atoms with Crippen LogP contribution in [0.3, 0.4) is 0 Å². The third kappa shape index (κ3) is 2.18. The molecule has 1 N–H and O–H groups in total. The lowest BCUT2D eigenvalue weighted by Gasteiger charge is -2.28. The van der Waals surface area contributed by atoms with Gasteiger partial charge >= 0.3 is 6.09 Å². The van der Waals surface area contributed by atoms with Crippen molar-refractivity contribution in [3.05, 3.63) is 30.1 Å². The lowest BCUT2D eigenvalue weighted by Crippen LogP contribution is -2.40. The zero-order valence-corrected chi connectivity index (χ0v) is 10.9. The fraction of sp³-hybridized carbons (Fsp3) is 0.500. The summed E-state index contributed by atoms with van der Waals surface area (Å²) < 4.78 is 18.8. The summed E-state index contributed by atoms with van der Waals surface area (Å²) >= 11 is 0. The zero-order chi connectivity index (χ0) is 13.5. The van der Waals surface area contributed by atoms with E-state index in [0.717, 1.165) is 19.5 Å². The van der Waals surface area contributed by atoms with Gasteiger partial charge in [0.05, 0.1) is 12.2 Å². The van der Waals surface area contributed by atoms with E-state index in [2.05, 4.69) is 5.32 Å². The molecule has 2 saturated heterocycles. The monoisotopic (exact) mass is 264 g/mol. The van der Waals surface area contributed by atoms with Crippen LogP contribution in [0.5, 0.6) is 0 Å². The number of halogens is 1. The largest absolute Gasteiger partial charge is 0.441 e. The Morgan fingerprint density at radius 2 is 2.37 bits per heavy atom. The Morgan fingerprint density at radius 3 is 3.05 bits per heavy atom. The Labute approximate surface area is 111 Å². The summed E-state index contributed by atoms with van der Waals surface area (Å²) in [4.78, 5) is 13.5. The highest BCUT2D eigenvalue weighted by atomic mass is 19.1. The molecular weight excluding hydrogens is 247 g/mol. The van der Waals surface area contributed by atoms with Crippen LogP contribution in [0, 0.1) is 11.7 Å². The predicted octanol–water partition coefficient (Wildman–Crippen LogP) is 2.15. The third-order valence-corrected chi connectivity index (χ3v) is 4.06. The number of nitrogens with one attached hydrogen (secondary N) is 1. The molecule has 2 fully saturated rings. The minimum absolute atomic E-state index is 0.315. The first-order valence-electron chi connectivity index (χ1n) is 6.55. The summed E-state index contributed by atoms with van der Waals surface area (Å²) in [5, 5.41) is 3.28. The molecule has 2 heterocycles. The van der Waals surface area contributed by atoms with Crippen LogP contribution in [-0.2, 0) is 4.74 Å². The smallest absolute Gasteiger partial charge is 0.415 e. The Balaban J connectivity index is 1.83. The number of hydrogen-bond acceptors (Lipinski definition) is 3. The molecule has 0 bridgehead atoms. The highest BCUT2D eigenvalue weighted by Crippen LogP contribution is 2.35. The molecule has 5 heteroatoms. The van der Waals surface area contributed by atoms with Gasteiger partial charge < -0.3 is 10.1 Å². The number of cyclic esters (lactones) is 1. The van der Waals surface area contributed by atoms with Gasteiger partial charge in [-0.25, -0.2) is 9.18 Å². The summed E-state index contributed by atoms with van der Waals surface area (Å²) in [7, 11) is 0. The van der Waals surface area contributed by atoms with E-state index in [9.17, 15) is 9.18 Å². The van der Waals surface area contributed by atoms with E-state index in [4.69, 9.17) is 4.74 Å². The van der Waals surface area contributed by atoms with Crippen LogP contribution in [0.25, 0.3) is 0 Å². The molecule has 2 aliphatic heterocycles. The van der Waals surface area contributed by atoms with E-state index in [1.807, 2.05) is 6.92 Å². The second kappa shape index (κ2) is 4.49. The van der Waals surface area contributed by atoms with Crippen LogP contribution in [0.15, 0.2) is 24.3 Å². The average Bonchev–Trinajstić information content (AvgIpc) is 2.98. The van der Waals surface area contributed by atoms with Crippen molar-refractivity contribution in [1.82, 2.24) is 5.32 Å². The maximum Gasteiger partial charge on any atom is 0.415 e. The number of anilines is 1. The van der Waals surface area contributed by atoms with Gasteiger partial charge in [-0.3, -0.25) is 4.90 Å². The summed E-state index contributed by atoms with van der Waals surface area (Å²) in [5.74, 6) is -0.0311. The van der Waals surface area contributed by atoms with E-state index in [1.54, 1.807) is 12.1 Å². The summed E-state index contributed by atoms with van der Waals surface area (Å²) in [5.41, 5.74) is 0.0621. The van der Waals surface area contributed by atoms with Gasteiger partial charge in [-0.1, -0.05) is 6.07 Å². The molecular formula is C14H17FN2O2. The molecule has 2 aliphatic rings. The quantitative estimate of drug-likeness (QED) is 0.890. The third-order valence-electron chi connectivity index (χ3n) is 4.06. The lowest BCUT2D eigenvalue weighted by atomic mass is 9.88. The van der Waals surface area contributed by atoms with Crippen LogP contribution in [0.2, 0.25) is 0 Å². The minimum atomic E-state index is -0.493. The Kier molecular flexibility index (Phi) is 2.93. The zero-order valence-electron chi connectivity index (χ0n) is 10.9. The Bertz CT molecular complexity index is 502. The number of benzene rings is 1. The van der Waals surface area contributed by atoms with Crippen molar-refractivity contribution in [1.29, 1.82) is 0 Å². The topological polar surface area (TPSA) is 41.6 Å². The van der Waals surface area contributed by atoms with Crippen LogP contribution < -0.4 is 10.2 Å². The summed E-state index contributed by atoms with van der Waals surface area (Å²) in [6.07, 6.45) is 0.612. The normalized spacial score (nSPS) is 30.7. The number of carbonyl (C=O) groups excluding carboxylic acids is 1. The van der Waals surface area contributed by atoms with Crippen molar-refractivity contribution >= 4 is 11.8 Å². The number of nitrogens with zero attached hydrogens (tertiary/aromatic N) is 1. The summed E-state index contributed by atoms with van der Waals surface area (Å²) in [6, 6.07) is 6.05. The predicted molar refractivity (Wildman–Crippen MR) is 69.6 cm³/mol. The highest BCUT2D eigenvalue weighted by Gasteiger charge is 2.48. The number of carbonyl (C=O) groups is 1. The standard InChI is InChI=1S/C14H17FN2O2/c1-14(10-5-6-16-8-10)9-17(13(18)19-14)12-4-2-3-11(15)7-12/h2-4,7,10,16H,5-6,8-9H2,1H3. The molecule has 2 atom stereocenters. The highest BCUT2D eigenvalue weighted by molar-refractivity contribution is 5.90. The molecule has 19 heavy (non-hydrogen) atoms. The van der Waals surface area contributed by atoms with Crippen LogP contribution in [-0.4, -0.2) is 31.3 Å². The fourth-order valence-electron chi connectivity index (χ4n) is 2.89. The Hall–Kier alpha value is -1.62. The van der Waals surface area contributed by atoms with Crippen LogP contribution in [0.4, 0.5) is 14.9 Å². The van der Waals surface area contributed by atoms with Gasteiger partial charge in [0.15, 0.2) is 0 Å². The molecule has 0 spiro atoms. The molecule has 1 amide bonds. The number of amides is 1. The molecule has 1 aromatic carbocycles. The van der Waals surface area contributed by atoms with Crippen molar-refractivity contribution < 1.29 is 13.9 Å². The van der Waals surface area contributed by atoms with Crippen molar-refractivity contribution in [2.45, 2.75) is 18.9 Å². The molecule has 2 unspecified atom stereocenters. The van der Waals surface area contributed by atoms with Crippen molar-refractivity contribution in [2.75, 3.05) is 24.5 Å². The van der Waals surface area contributed by atoms with E-state index >= 15 is 0 Å².